The number of nitrogens with two attached hydrogens (primary N) is 1. The molecule has 0 bridgehead atoms. The second-order valence-electron chi connectivity index (χ2n) is 7.64. The molecule has 3 rings (SSSR count). The molecule has 2 heterocycles. The van der Waals surface area contributed by atoms with Crippen LogP contribution in [0.25, 0.3) is 0 Å². The second kappa shape index (κ2) is 7.56. The van der Waals surface area contributed by atoms with Crippen molar-refractivity contribution < 1.29 is 9.59 Å². The van der Waals surface area contributed by atoms with Crippen LogP contribution in [-0.2, 0) is 9.59 Å². The van der Waals surface area contributed by atoms with Crippen LogP contribution >= 0.6 is 0 Å². The normalized spacial score (nSPS) is 25.0. The van der Waals surface area contributed by atoms with Crippen LogP contribution in [-0.4, -0.2) is 53.8 Å². The van der Waals surface area contributed by atoms with E-state index in [1.165, 1.54) is 5.56 Å². The first-order valence-corrected chi connectivity index (χ1v) is 9.36. The van der Waals surface area contributed by atoms with E-state index in [2.05, 4.69) is 12.1 Å². The van der Waals surface area contributed by atoms with Crippen LogP contribution in [0, 0.1) is 11.8 Å². The van der Waals surface area contributed by atoms with Crippen LogP contribution < -0.4 is 5.73 Å². The summed E-state index contributed by atoms with van der Waals surface area (Å²) >= 11 is 0. The highest BCUT2D eigenvalue weighted by atomic mass is 16.2. The third kappa shape index (κ3) is 3.56. The molecule has 136 valence electrons. The van der Waals surface area contributed by atoms with E-state index in [1.807, 2.05) is 36.9 Å². The Morgan fingerprint density at radius 3 is 2.52 bits per heavy atom. The van der Waals surface area contributed by atoms with E-state index in [4.69, 9.17) is 5.73 Å². The SMILES string of the molecule is CC(C)C(C(=O)N1C[C@@H](CN)[C@H](c2ccccc2)C1)N1CCCC1=O. The zero-order chi connectivity index (χ0) is 18.0. The van der Waals surface area contributed by atoms with Crippen LogP contribution in [0.1, 0.15) is 38.2 Å². The van der Waals surface area contributed by atoms with Gasteiger partial charge in [-0.1, -0.05) is 44.2 Å². The van der Waals surface area contributed by atoms with Crippen molar-refractivity contribution in [3.05, 3.63) is 35.9 Å². The van der Waals surface area contributed by atoms with Gasteiger partial charge in [0, 0.05) is 32.0 Å². The lowest BCUT2D eigenvalue weighted by molar-refractivity contribution is -0.144. The molecule has 0 saturated carbocycles. The van der Waals surface area contributed by atoms with Crippen molar-refractivity contribution in [3.8, 4) is 0 Å². The molecule has 1 aromatic carbocycles. The summed E-state index contributed by atoms with van der Waals surface area (Å²) in [5, 5.41) is 0. The number of amides is 2. The lowest BCUT2D eigenvalue weighted by atomic mass is 9.89. The zero-order valence-corrected chi connectivity index (χ0v) is 15.2. The third-order valence-electron chi connectivity index (χ3n) is 5.61. The van der Waals surface area contributed by atoms with Gasteiger partial charge in [-0.15, -0.1) is 0 Å². The van der Waals surface area contributed by atoms with Crippen LogP contribution in [0.5, 0.6) is 0 Å². The molecule has 2 fully saturated rings. The summed E-state index contributed by atoms with van der Waals surface area (Å²) in [7, 11) is 0. The maximum absolute atomic E-state index is 13.2. The number of rotatable bonds is 5. The minimum absolute atomic E-state index is 0.0853. The van der Waals surface area contributed by atoms with Crippen molar-refractivity contribution in [3.63, 3.8) is 0 Å². The molecule has 5 heteroatoms. The lowest BCUT2D eigenvalue weighted by Gasteiger charge is -2.33. The Morgan fingerprint density at radius 2 is 1.96 bits per heavy atom. The highest BCUT2D eigenvalue weighted by molar-refractivity contribution is 5.89. The van der Waals surface area contributed by atoms with Crippen molar-refractivity contribution in [2.24, 2.45) is 17.6 Å². The molecule has 25 heavy (non-hydrogen) atoms. The molecular formula is C20H29N3O2. The second-order valence-corrected chi connectivity index (χ2v) is 7.64. The van der Waals surface area contributed by atoms with Crippen molar-refractivity contribution >= 4 is 11.8 Å². The summed E-state index contributed by atoms with van der Waals surface area (Å²) in [6.45, 7) is 6.69. The van der Waals surface area contributed by atoms with Gasteiger partial charge in [-0.25, -0.2) is 0 Å². The molecule has 2 amide bonds. The van der Waals surface area contributed by atoms with Crippen LogP contribution in [0.15, 0.2) is 30.3 Å². The Kier molecular flexibility index (Phi) is 5.42. The minimum atomic E-state index is -0.344. The minimum Gasteiger partial charge on any atom is -0.340 e. The number of nitrogens with zero attached hydrogens (tertiary/aromatic N) is 2. The molecule has 3 atom stereocenters. The van der Waals surface area contributed by atoms with Crippen molar-refractivity contribution in [1.82, 2.24) is 9.80 Å². The molecule has 5 nitrogen and oxygen atoms in total. The molecule has 2 saturated heterocycles. The van der Waals surface area contributed by atoms with Gasteiger partial charge in [0.1, 0.15) is 6.04 Å². The van der Waals surface area contributed by atoms with E-state index in [9.17, 15) is 9.59 Å². The van der Waals surface area contributed by atoms with Gasteiger partial charge in [0.2, 0.25) is 11.8 Å². The maximum atomic E-state index is 13.2. The largest absolute Gasteiger partial charge is 0.340 e. The average molecular weight is 343 g/mol. The van der Waals surface area contributed by atoms with Gasteiger partial charge < -0.3 is 15.5 Å². The van der Waals surface area contributed by atoms with E-state index < -0.39 is 0 Å². The molecule has 1 unspecified atom stereocenters. The fourth-order valence-corrected chi connectivity index (χ4v) is 4.30. The first-order valence-electron chi connectivity index (χ1n) is 9.36. The van der Waals surface area contributed by atoms with Gasteiger partial charge in [-0.2, -0.15) is 0 Å². The molecule has 0 radical (unpaired) electrons. The molecule has 1 aromatic rings. The molecule has 0 spiro atoms. The van der Waals surface area contributed by atoms with E-state index >= 15 is 0 Å². The fourth-order valence-electron chi connectivity index (χ4n) is 4.30. The topological polar surface area (TPSA) is 66.6 Å². The summed E-state index contributed by atoms with van der Waals surface area (Å²) in [4.78, 5) is 29.2. The highest BCUT2D eigenvalue weighted by Crippen LogP contribution is 2.33. The summed E-state index contributed by atoms with van der Waals surface area (Å²) < 4.78 is 0. The molecule has 0 aliphatic carbocycles. The zero-order valence-electron chi connectivity index (χ0n) is 15.2. The van der Waals surface area contributed by atoms with Crippen LogP contribution in [0.2, 0.25) is 0 Å². The Morgan fingerprint density at radius 1 is 1.24 bits per heavy atom. The van der Waals surface area contributed by atoms with Gasteiger partial charge in [-0.05, 0) is 30.4 Å². The average Bonchev–Trinajstić information content (AvgIpc) is 3.22. The number of benzene rings is 1. The number of hydrogen-bond acceptors (Lipinski definition) is 3. The van der Waals surface area contributed by atoms with E-state index in [1.54, 1.807) is 4.90 Å². The van der Waals surface area contributed by atoms with Crippen molar-refractivity contribution in [2.45, 2.75) is 38.6 Å². The number of carbonyl (C=O) groups excluding carboxylic acids is 2. The van der Waals surface area contributed by atoms with Crippen molar-refractivity contribution in [2.75, 3.05) is 26.2 Å². The monoisotopic (exact) mass is 343 g/mol. The Balaban J connectivity index is 1.78. The molecular weight excluding hydrogens is 314 g/mol. The van der Waals surface area contributed by atoms with Gasteiger partial charge in [0.05, 0.1) is 0 Å². The first kappa shape index (κ1) is 17.9. The van der Waals surface area contributed by atoms with Gasteiger partial charge in [-0.3, -0.25) is 9.59 Å². The van der Waals surface area contributed by atoms with Gasteiger partial charge >= 0.3 is 0 Å². The van der Waals surface area contributed by atoms with Crippen LogP contribution in [0.4, 0.5) is 0 Å². The molecule has 2 aliphatic rings. The number of hydrogen-bond donors (Lipinski definition) is 1. The predicted octanol–water partition coefficient (Wildman–Crippen LogP) is 1.83. The third-order valence-corrected chi connectivity index (χ3v) is 5.61. The summed E-state index contributed by atoms with van der Waals surface area (Å²) in [5.74, 6) is 0.857. The maximum Gasteiger partial charge on any atom is 0.245 e. The Hall–Kier alpha value is -1.88. The quantitative estimate of drug-likeness (QED) is 0.887. The van der Waals surface area contributed by atoms with Gasteiger partial charge in [0.25, 0.3) is 0 Å². The lowest BCUT2D eigenvalue weighted by Crippen LogP contribution is -2.51. The highest BCUT2D eigenvalue weighted by Gasteiger charge is 2.42. The van der Waals surface area contributed by atoms with Crippen LogP contribution in [0.3, 0.4) is 0 Å². The molecule has 0 aromatic heterocycles. The molecule has 2 N–H and O–H groups in total. The fraction of sp³-hybridized carbons (Fsp3) is 0.600. The number of carbonyl (C=O) groups is 2. The predicted molar refractivity (Wildman–Crippen MR) is 97.9 cm³/mol. The summed E-state index contributed by atoms with van der Waals surface area (Å²) in [6, 6.07) is 9.96. The Labute approximate surface area is 150 Å². The van der Waals surface area contributed by atoms with Gasteiger partial charge in [0.15, 0.2) is 0 Å². The van der Waals surface area contributed by atoms with Crippen molar-refractivity contribution in [1.29, 1.82) is 0 Å². The summed E-state index contributed by atoms with van der Waals surface area (Å²) in [5.41, 5.74) is 7.24. The molecule has 2 aliphatic heterocycles. The van der Waals surface area contributed by atoms with E-state index in [-0.39, 0.29) is 35.6 Å². The first-order chi connectivity index (χ1) is 12.0. The smallest absolute Gasteiger partial charge is 0.245 e. The standard InChI is InChI=1S/C20H29N3O2/c1-14(2)19(23-10-6-9-18(23)24)20(25)22-12-16(11-21)17(13-22)15-7-4-3-5-8-15/h3-5,7-8,14,16-17,19H,6,9-13,21H2,1-2H3/t16-,17+,19?/m1/s1. The van der Waals surface area contributed by atoms with E-state index in [0.717, 1.165) is 6.42 Å². The summed E-state index contributed by atoms with van der Waals surface area (Å²) in [6.07, 6.45) is 1.42. The van der Waals surface area contributed by atoms with E-state index in [0.29, 0.717) is 32.6 Å². The number of likely N-dealkylation sites (tertiary alicyclic amines) is 2. The Bertz CT molecular complexity index is 617.